The van der Waals surface area contributed by atoms with Gasteiger partial charge in [-0.15, -0.1) is 4.68 Å². The molecule has 0 bridgehead atoms. The Balaban J connectivity index is 1.80. The van der Waals surface area contributed by atoms with E-state index in [-0.39, 0.29) is 13.2 Å². The third kappa shape index (κ3) is 4.09. The minimum Gasteiger partial charge on any atom is -0.481 e. The number of carbonyl (C=O) groups is 1. The summed E-state index contributed by atoms with van der Waals surface area (Å²) in [6.45, 7) is 1.69. The first kappa shape index (κ1) is 20.1. The second-order valence-corrected chi connectivity index (χ2v) is 6.63. The number of hydrogen-bond donors (Lipinski definition) is 1. The molecule has 0 amide bonds. The lowest BCUT2D eigenvalue weighted by Gasteiger charge is -2.11. The molecule has 3 aromatic carbocycles. The Labute approximate surface area is 176 Å². The normalized spacial score (nSPS) is 11.3. The Morgan fingerprint density at radius 1 is 1.03 bits per heavy atom. The lowest BCUT2D eigenvalue weighted by atomic mass is 10.0. The third-order valence-electron chi connectivity index (χ3n) is 4.67. The molecule has 0 saturated carbocycles. The van der Waals surface area contributed by atoms with Gasteiger partial charge in [0.05, 0.1) is 23.7 Å². The molecule has 8 heteroatoms. The van der Waals surface area contributed by atoms with Crippen LogP contribution in [0.5, 0.6) is 5.75 Å². The fourth-order valence-electron chi connectivity index (χ4n) is 3.25. The van der Waals surface area contributed by atoms with E-state index in [0.717, 1.165) is 15.4 Å². The first-order chi connectivity index (χ1) is 15.1. The van der Waals surface area contributed by atoms with Crippen molar-refractivity contribution in [3.05, 3.63) is 87.1 Å². The average molecular weight is 417 g/mol. The first-order valence-electron chi connectivity index (χ1n) is 9.67. The van der Waals surface area contributed by atoms with Crippen LogP contribution in [0.15, 0.2) is 75.4 Å². The standard InChI is InChI=1S/C23H19N3O5/c1-2-30-21(27)14-31-20-12-11-15-7-3-4-8-16(15)18(20)13-24-26-22(28)17-9-5-6-10-19(17)25-23(26)29/h3-13H,2,14H2,1H3,(H,25,29). The van der Waals surface area contributed by atoms with Crippen molar-refractivity contribution in [2.75, 3.05) is 13.2 Å². The van der Waals surface area contributed by atoms with E-state index in [1.54, 1.807) is 37.3 Å². The molecular weight excluding hydrogens is 398 g/mol. The topological polar surface area (TPSA) is 103 Å². The van der Waals surface area contributed by atoms with E-state index in [9.17, 15) is 14.4 Å². The monoisotopic (exact) mass is 417 g/mol. The number of benzene rings is 3. The molecule has 0 unspecified atom stereocenters. The van der Waals surface area contributed by atoms with Gasteiger partial charge in [0.25, 0.3) is 5.56 Å². The molecule has 1 heterocycles. The number of ether oxygens (including phenoxy) is 2. The van der Waals surface area contributed by atoms with Gasteiger partial charge in [-0.25, -0.2) is 9.59 Å². The van der Waals surface area contributed by atoms with Gasteiger partial charge in [-0.3, -0.25) is 4.79 Å². The number of aromatic nitrogens is 2. The van der Waals surface area contributed by atoms with Gasteiger partial charge in [-0.2, -0.15) is 5.10 Å². The molecule has 4 rings (SSSR count). The minimum absolute atomic E-state index is 0.252. The van der Waals surface area contributed by atoms with E-state index in [0.29, 0.717) is 22.2 Å². The zero-order valence-electron chi connectivity index (χ0n) is 16.7. The van der Waals surface area contributed by atoms with E-state index < -0.39 is 17.2 Å². The zero-order valence-corrected chi connectivity index (χ0v) is 16.7. The average Bonchev–Trinajstić information content (AvgIpc) is 2.78. The van der Waals surface area contributed by atoms with Crippen LogP contribution in [0.1, 0.15) is 12.5 Å². The number of nitrogens with zero attached hydrogens (tertiary/aromatic N) is 2. The molecule has 156 valence electrons. The molecule has 4 aromatic rings. The third-order valence-corrected chi connectivity index (χ3v) is 4.67. The molecule has 0 aliphatic carbocycles. The molecule has 0 aliphatic heterocycles. The Bertz CT molecular complexity index is 1420. The molecule has 0 fully saturated rings. The minimum atomic E-state index is -0.658. The fraction of sp³-hybridized carbons (Fsp3) is 0.130. The predicted octanol–water partition coefficient (Wildman–Crippen LogP) is 2.67. The summed E-state index contributed by atoms with van der Waals surface area (Å²) in [5.41, 5.74) is -0.228. The largest absolute Gasteiger partial charge is 0.481 e. The summed E-state index contributed by atoms with van der Waals surface area (Å²) in [4.78, 5) is 39.5. The zero-order chi connectivity index (χ0) is 21.8. The fourth-order valence-corrected chi connectivity index (χ4v) is 3.25. The van der Waals surface area contributed by atoms with Gasteiger partial charge in [-0.1, -0.05) is 42.5 Å². The van der Waals surface area contributed by atoms with Gasteiger partial charge in [0.1, 0.15) is 5.75 Å². The summed E-state index contributed by atoms with van der Waals surface area (Å²) in [7, 11) is 0. The number of para-hydroxylation sites is 1. The van der Waals surface area contributed by atoms with E-state index in [1.165, 1.54) is 6.21 Å². The number of nitrogens with one attached hydrogen (secondary N) is 1. The summed E-state index contributed by atoms with van der Waals surface area (Å²) >= 11 is 0. The Morgan fingerprint density at radius 3 is 2.58 bits per heavy atom. The molecule has 0 spiro atoms. The van der Waals surface area contributed by atoms with E-state index in [2.05, 4.69) is 10.1 Å². The Morgan fingerprint density at radius 2 is 1.77 bits per heavy atom. The van der Waals surface area contributed by atoms with Crippen LogP contribution in [-0.2, 0) is 9.53 Å². The highest BCUT2D eigenvalue weighted by molar-refractivity contribution is 6.02. The van der Waals surface area contributed by atoms with Crippen molar-refractivity contribution in [3.63, 3.8) is 0 Å². The highest BCUT2D eigenvalue weighted by Crippen LogP contribution is 2.26. The van der Waals surface area contributed by atoms with Gasteiger partial charge < -0.3 is 14.5 Å². The maximum absolute atomic E-state index is 12.7. The van der Waals surface area contributed by atoms with Crippen molar-refractivity contribution in [1.82, 2.24) is 9.66 Å². The van der Waals surface area contributed by atoms with Crippen molar-refractivity contribution in [1.29, 1.82) is 0 Å². The molecule has 0 saturated heterocycles. The number of rotatable bonds is 6. The van der Waals surface area contributed by atoms with Gasteiger partial charge in [-0.05, 0) is 35.9 Å². The molecule has 0 aliphatic rings. The van der Waals surface area contributed by atoms with Crippen LogP contribution in [0.3, 0.4) is 0 Å². The molecule has 0 atom stereocenters. The van der Waals surface area contributed by atoms with Crippen molar-refractivity contribution < 1.29 is 14.3 Å². The predicted molar refractivity (Wildman–Crippen MR) is 118 cm³/mol. The summed E-state index contributed by atoms with van der Waals surface area (Å²) < 4.78 is 11.3. The van der Waals surface area contributed by atoms with Gasteiger partial charge in [0, 0.05) is 5.56 Å². The number of esters is 1. The number of H-pyrrole nitrogens is 1. The van der Waals surface area contributed by atoms with Crippen LogP contribution in [0.2, 0.25) is 0 Å². The second kappa shape index (κ2) is 8.66. The van der Waals surface area contributed by atoms with Crippen LogP contribution in [0.25, 0.3) is 21.7 Å². The van der Waals surface area contributed by atoms with Crippen LogP contribution in [0.4, 0.5) is 0 Å². The van der Waals surface area contributed by atoms with Crippen LogP contribution >= 0.6 is 0 Å². The first-order valence-corrected chi connectivity index (χ1v) is 9.67. The summed E-state index contributed by atoms with van der Waals surface area (Å²) in [6.07, 6.45) is 1.38. The van der Waals surface area contributed by atoms with Crippen LogP contribution < -0.4 is 16.0 Å². The molecule has 1 N–H and O–H groups in total. The summed E-state index contributed by atoms with van der Waals surface area (Å²) in [6, 6.07) is 17.8. The van der Waals surface area contributed by atoms with Gasteiger partial charge >= 0.3 is 11.7 Å². The van der Waals surface area contributed by atoms with Crippen molar-refractivity contribution in [3.8, 4) is 5.75 Å². The second-order valence-electron chi connectivity index (χ2n) is 6.63. The van der Waals surface area contributed by atoms with Crippen molar-refractivity contribution in [2.24, 2.45) is 5.10 Å². The van der Waals surface area contributed by atoms with Gasteiger partial charge in [0.2, 0.25) is 0 Å². The highest BCUT2D eigenvalue weighted by atomic mass is 16.6. The molecule has 1 aromatic heterocycles. The number of aromatic amines is 1. The quantitative estimate of drug-likeness (QED) is 0.384. The number of carbonyl (C=O) groups excluding carboxylic acids is 1. The van der Waals surface area contributed by atoms with Crippen molar-refractivity contribution >= 4 is 33.9 Å². The van der Waals surface area contributed by atoms with Crippen molar-refractivity contribution in [2.45, 2.75) is 6.92 Å². The Hall–Kier alpha value is -4.20. The molecule has 0 radical (unpaired) electrons. The lowest BCUT2D eigenvalue weighted by Crippen LogP contribution is -2.32. The summed E-state index contributed by atoms with van der Waals surface area (Å²) in [5.74, 6) is -0.124. The van der Waals surface area contributed by atoms with Gasteiger partial charge in [0.15, 0.2) is 6.61 Å². The molecule has 31 heavy (non-hydrogen) atoms. The maximum Gasteiger partial charge on any atom is 0.349 e. The van der Waals surface area contributed by atoms with E-state index in [4.69, 9.17) is 9.47 Å². The lowest BCUT2D eigenvalue weighted by molar-refractivity contribution is -0.145. The SMILES string of the molecule is CCOC(=O)COc1ccc2ccccc2c1C=Nn1c(=O)[nH]c2ccccc2c1=O. The maximum atomic E-state index is 12.7. The molecular formula is C23H19N3O5. The van der Waals surface area contributed by atoms with Crippen LogP contribution in [0, 0.1) is 0 Å². The highest BCUT2D eigenvalue weighted by Gasteiger charge is 2.11. The molecule has 8 nitrogen and oxygen atoms in total. The van der Waals surface area contributed by atoms with E-state index >= 15 is 0 Å². The smallest absolute Gasteiger partial charge is 0.349 e. The number of fused-ring (bicyclic) bond motifs is 2. The summed E-state index contributed by atoms with van der Waals surface area (Å²) in [5, 5.41) is 6.18. The van der Waals surface area contributed by atoms with E-state index in [1.807, 2.05) is 30.3 Å². The Kier molecular flexibility index (Phi) is 5.61. The number of hydrogen-bond acceptors (Lipinski definition) is 6. The van der Waals surface area contributed by atoms with Crippen LogP contribution in [-0.4, -0.2) is 35.1 Å².